The number of ether oxygens (including phenoxy) is 7. The van der Waals surface area contributed by atoms with Gasteiger partial charge >= 0.3 is 5.97 Å². The second kappa shape index (κ2) is 20.0. The van der Waals surface area contributed by atoms with Crippen LogP contribution in [0.5, 0.6) is 0 Å². The Hall–Kier alpha value is -1.18. The highest BCUT2D eigenvalue weighted by Crippen LogP contribution is 2.47. The average Bonchev–Trinajstić information content (AvgIpc) is 3.39. The summed E-state index contributed by atoms with van der Waals surface area (Å²) in [7, 11) is -0.0998. The van der Waals surface area contributed by atoms with Crippen molar-refractivity contribution in [3.05, 3.63) is 12.2 Å². The fraction of sp³-hybridized carbons (Fsp3) is 0.892. The molecular formula is C37H64O10Si. The second-order valence-electron chi connectivity index (χ2n) is 15.3. The van der Waals surface area contributed by atoms with Crippen LogP contribution in [-0.2, 0) is 47.2 Å². The molecule has 1 aliphatic carbocycles. The first kappa shape index (κ1) is 39.6. The minimum Gasteiger partial charge on any atom is -0.467 e. The van der Waals surface area contributed by atoms with E-state index in [-0.39, 0.29) is 60.3 Å². The van der Waals surface area contributed by atoms with Crippen molar-refractivity contribution in [2.75, 3.05) is 26.9 Å². The molecule has 10 nitrogen and oxygen atoms in total. The molecule has 5 unspecified atom stereocenters. The fourth-order valence-corrected chi connectivity index (χ4v) is 8.72. The van der Waals surface area contributed by atoms with Crippen molar-refractivity contribution in [1.82, 2.24) is 0 Å². The maximum atomic E-state index is 13.0. The van der Waals surface area contributed by atoms with Crippen LogP contribution in [0.4, 0.5) is 0 Å². The highest BCUT2D eigenvalue weighted by Gasteiger charge is 2.52. The van der Waals surface area contributed by atoms with E-state index < -0.39 is 27.4 Å². The molecule has 0 bridgehead atoms. The van der Waals surface area contributed by atoms with Gasteiger partial charge in [-0.2, -0.15) is 0 Å². The minimum atomic E-state index is -1.38. The zero-order valence-corrected chi connectivity index (χ0v) is 31.7. The molecule has 1 saturated carbocycles. The van der Waals surface area contributed by atoms with Crippen molar-refractivity contribution in [2.45, 2.75) is 167 Å². The summed E-state index contributed by atoms with van der Waals surface area (Å²) < 4.78 is 48.8. The number of carbonyl (C=O) groups is 2. The van der Waals surface area contributed by atoms with Gasteiger partial charge in [-0.05, 0) is 101 Å². The average molecular weight is 697 g/mol. The van der Waals surface area contributed by atoms with Crippen LogP contribution < -0.4 is 0 Å². The topological polar surface area (TPSA) is 108 Å². The standard InChI is InChI=1S/C37H64O10Si/c1-37(2,3)35(47-48(5)6)33-26(28(44-30-19-11-14-22-41-30)25-29(33)45-31-20-12-15-23-42-31)17-9-7-8-10-18-27(38)34(36(39)40-4)46-32-21-13-16-24-43-32/h7,9,26,28-35,48H,8,10-25H2,1-6H3/t26-,28-,29+,30?,31?,32?,33-,34?,35?/m0/s1. The van der Waals surface area contributed by atoms with Crippen LogP contribution in [0.3, 0.4) is 0 Å². The van der Waals surface area contributed by atoms with Crippen LogP contribution in [0.25, 0.3) is 0 Å². The molecular weight excluding hydrogens is 632 g/mol. The Kier molecular flexibility index (Phi) is 16.5. The smallest absolute Gasteiger partial charge is 0.342 e. The monoisotopic (exact) mass is 696 g/mol. The Morgan fingerprint density at radius 2 is 1.42 bits per heavy atom. The van der Waals surface area contributed by atoms with Gasteiger partial charge in [0.05, 0.1) is 25.4 Å². The summed E-state index contributed by atoms with van der Waals surface area (Å²) >= 11 is 0. The molecule has 4 aliphatic rings. The largest absolute Gasteiger partial charge is 0.467 e. The Balaban J connectivity index is 1.44. The molecule has 0 aromatic carbocycles. The predicted molar refractivity (Wildman–Crippen MR) is 185 cm³/mol. The van der Waals surface area contributed by atoms with E-state index in [9.17, 15) is 9.59 Å². The number of carbonyl (C=O) groups excluding carboxylic acids is 2. The number of unbranched alkanes of at least 4 members (excludes halogenated alkanes) is 1. The molecule has 9 atom stereocenters. The van der Waals surface area contributed by atoms with E-state index in [1.54, 1.807) is 0 Å². The zero-order valence-electron chi connectivity index (χ0n) is 30.5. The molecule has 0 N–H and O–H groups in total. The highest BCUT2D eigenvalue weighted by atomic mass is 28.3. The maximum Gasteiger partial charge on any atom is 0.342 e. The normalized spacial score (nSPS) is 31.6. The maximum absolute atomic E-state index is 13.0. The summed E-state index contributed by atoms with van der Waals surface area (Å²) in [5.74, 6) is -0.633. The summed E-state index contributed by atoms with van der Waals surface area (Å²) in [5.41, 5.74) is -0.0869. The summed E-state index contributed by atoms with van der Waals surface area (Å²) in [6.07, 6.45) is 14.1. The Morgan fingerprint density at radius 1 is 0.833 bits per heavy atom. The third-order valence-electron chi connectivity index (χ3n) is 9.92. The lowest BCUT2D eigenvalue weighted by Gasteiger charge is -2.42. The quantitative estimate of drug-likeness (QED) is 0.0541. The summed E-state index contributed by atoms with van der Waals surface area (Å²) in [5, 5.41) is 0. The molecule has 11 heteroatoms. The minimum absolute atomic E-state index is 0.0121. The number of allylic oxidation sites excluding steroid dienone is 2. The third kappa shape index (κ3) is 12.2. The van der Waals surface area contributed by atoms with Gasteiger partial charge in [0.15, 0.2) is 33.7 Å². The van der Waals surface area contributed by atoms with Gasteiger partial charge in [-0.15, -0.1) is 0 Å². The number of esters is 1. The molecule has 4 rings (SSSR count). The van der Waals surface area contributed by atoms with Crippen LogP contribution in [0.1, 0.15) is 111 Å². The Morgan fingerprint density at radius 3 is 1.94 bits per heavy atom. The molecule has 0 amide bonds. The van der Waals surface area contributed by atoms with Crippen LogP contribution in [0.15, 0.2) is 12.2 Å². The predicted octanol–water partition coefficient (Wildman–Crippen LogP) is 6.63. The van der Waals surface area contributed by atoms with Crippen LogP contribution in [0, 0.1) is 17.3 Å². The lowest BCUT2D eigenvalue weighted by Crippen LogP contribution is -2.47. The van der Waals surface area contributed by atoms with Crippen molar-refractivity contribution >= 4 is 20.8 Å². The molecule has 48 heavy (non-hydrogen) atoms. The molecule has 276 valence electrons. The van der Waals surface area contributed by atoms with Gasteiger partial charge in [0.2, 0.25) is 6.10 Å². The number of rotatable bonds is 17. The number of hydrogen-bond acceptors (Lipinski definition) is 10. The lowest BCUT2D eigenvalue weighted by atomic mass is 9.75. The van der Waals surface area contributed by atoms with Crippen LogP contribution in [-0.4, -0.2) is 91.0 Å². The molecule has 4 fully saturated rings. The molecule has 3 aliphatic heterocycles. The van der Waals surface area contributed by atoms with Gasteiger partial charge in [-0.3, -0.25) is 4.79 Å². The van der Waals surface area contributed by atoms with E-state index in [2.05, 4.69) is 46.0 Å². The van der Waals surface area contributed by atoms with Crippen molar-refractivity contribution < 1.29 is 47.2 Å². The Bertz CT molecular complexity index is 981. The Labute approximate surface area is 290 Å². The molecule has 0 radical (unpaired) electrons. The molecule has 0 aromatic heterocycles. The summed E-state index contributed by atoms with van der Waals surface area (Å²) in [4.78, 5) is 25.4. The van der Waals surface area contributed by atoms with Crippen molar-refractivity contribution in [3.8, 4) is 0 Å². The summed E-state index contributed by atoms with van der Waals surface area (Å²) in [6, 6.07) is 0. The van der Waals surface area contributed by atoms with E-state index in [0.29, 0.717) is 25.9 Å². The van der Waals surface area contributed by atoms with E-state index in [1.807, 2.05) is 0 Å². The van der Waals surface area contributed by atoms with Crippen LogP contribution >= 0.6 is 0 Å². The third-order valence-corrected chi connectivity index (χ3v) is 10.8. The molecule has 0 aromatic rings. The number of ketones is 1. The van der Waals surface area contributed by atoms with Crippen molar-refractivity contribution in [3.63, 3.8) is 0 Å². The SMILES string of the molecule is COC(=O)C(OC1CCCCO1)C(=O)CCCC=CC[C@@H]1[C@H](C(O[SiH](C)C)C(C)(C)C)[C@H](OC2CCCCO2)C[C@@H]1OC1CCCCO1. The van der Waals surface area contributed by atoms with Crippen molar-refractivity contribution in [2.24, 2.45) is 17.3 Å². The van der Waals surface area contributed by atoms with E-state index >= 15 is 0 Å². The second-order valence-corrected chi connectivity index (χ2v) is 17.7. The van der Waals surface area contributed by atoms with Gasteiger partial charge < -0.3 is 37.6 Å². The molecule has 0 spiro atoms. The van der Waals surface area contributed by atoms with Gasteiger partial charge in [0, 0.05) is 38.6 Å². The number of methoxy groups -OCH3 is 1. The van der Waals surface area contributed by atoms with Gasteiger partial charge in [0.1, 0.15) is 0 Å². The van der Waals surface area contributed by atoms with Gasteiger partial charge in [0.25, 0.3) is 0 Å². The van der Waals surface area contributed by atoms with E-state index in [0.717, 1.165) is 77.4 Å². The molecule has 3 heterocycles. The first-order chi connectivity index (χ1) is 23.1. The fourth-order valence-electron chi connectivity index (χ4n) is 7.54. The van der Waals surface area contributed by atoms with E-state index in [4.69, 9.17) is 37.6 Å². The first-order valence-electron chi connectivity index (χ1n) is 18.8. The van der Waals surface area contributed by atoms with Gasteiger partial charge in [-0.25, -0.2) is 4.79 Å². The zero-order chi connectivity index (χ0) is 34.5. The number of Topliss-reactive ketones (excluding diaryl/α,β-unsaturated/α-hetero) is 1. The summed E-state index contributed by atoms with van der Waals surface area (Å²) in [6.45, 7) is 13.4. The van der Waals surface area contributed by atoms with E-state index in [1.165, 1.54) is 7.11 Å². The van der Waals surface area contributed by atoms with Crippen molar-refractivity contribution in [1.29, 1.82) is 0 Å². The van der Waals surface area contributed by atoms with Crippen LogP contribution in [0.2, 0.25) is 13.1 Å². The first-order valence-corrected chi connectivity index (χ1v) is 21.6. The highest BCUT2D eigenvalue weighted by molar-refractivity contribution is 6.48. The molecule has 3 saturated heterocycles. The lowest BCUT2D eigenvalue weighted by molar-refractivity contribution is -0.207. The number of hydrogen-bond donors (Lipinski definition) is 0. The van der Waals surface area contributed by atoms with Gasteiger partial charge in [-0.1, -0.05) is 32.9 Å².